The van der Waals surface area contributed by atoms with E-state index in [4.69, 9.17) is 57.0 Å². The number of halogens is 2. The topological polar surface area (TPSA) is 474 Å². The Kier molecular flexibility index (Phi) is 29.8. The van der Waals surface area contributed by atoms with Gasteiger partial charge in [0.1, 0.15) is 78.4 Å². The number of fused-ring (bicyclic) bond motifs is 3. The number of aliphatic hydroxyl groups is 3. The van der Waals surface area contributed by atoms with Crippen molar-refractivity contribution in [2.45, 2.75) is 215 Å². The van der Waals surface area contributed by atoms with Crippen LogP contribution in [-0.2, 0) is 92.1 Å². The molecule has 0 spiro atoms. The minimum atomic E-state index is -5.28. The maximum Gasteiger partial charge on any atom is 0.472 e. The number of nitrogens with zero attached hydrogens (tertiary/aromatic N) is 6. The van der Waals surface area contributed by atoms with Crippen molar-refractivity contribution in [3.63, 3.8) is 0 Å². The van der Waals surface area contributed by atoms with Gasteiger partial charge < -0.3 is 74.8 Å². The number of nitrogen functional groups attached to an aromatic ring is 1. The normalized spacial score (nSPS) is 27.7. The Morgan fingerprint density at radius 1 is 0.735 bits per heavy atom. The van der Waals surface area contributed by atoms with Crippen LogP contribution in [-0.4, -0.2) is 215 Å². The van der Waals surface area contributed by atoms with Gasteiger partial charge in [-0.3, -0.25) is 61.2 Å². The maximum atomic E-state index is 16.7. The molecule has 40 heteroatoms. The lowest BCUT2D eigenvalue weighted by Crippen LogP contribution is -2.61. The maximum absolute atomic E-state index is 16.7. The van der Waals surface area contributed by atoms with Gasteiger partial charge >= 0.3 is 32.5 Å². The Morgan fingerprint density at radius 2 is 1.38 bits per heavy atom. The van der Waals surface area contributed by atoms with Gasteiger partial charge in [0.05, 0.1) is 49.9 Å². The highest BCUT2D eigenvalue weighted by Gasteiger charge is 2.57. The summed E-state index contributed by atoms with van der Waals surface area (Å²) in [4.78, 5) is 126. The van der Waals surface area contributed by atoms with Gasteiger partial charge in [-0.25, -0.2) is 42.5 Å². The molecule has 35 nitrogen and oxygen atoms in total. The predicted molar refractivity (Wildman–Crippen MR) is 394 cm³/mol. The highest BCUT2D eigenvalue weighted by molar-refractivity contribution is 8.54. The number of aliphatic hydroxyl groups excluding tert-OH is 3. The van der Waals surface area contributed by atoms with Crippen LogP contribution in [0, 0.1) is 5.92 Å². The summed E-state index contributed by atoms with van der Waals surface area (Å²) in [5.41, 5.74) is 7.28. The van der Waals surface area contributed by atoms with E-state index < -0.39 is 156 Å². The van der Waals surface area contributed by atoms with E-state index in [1.165, 1.54) is 35.2 Å². The molecule has 5 fully saturated rings. The molecule has 0 bridgehead atoms. The van der Waals surface area contributed by atoms with Crippen molar-refractivity contribution < 1.29 is 133 Å². The Balaban J connectivity index is 0.588. The minimum absolute atomic E-state index is 0.0339. The van der Waals surface area contributed by atoms with E-state index in [1.807, 2.05) is 13.8 Å². The summed E-state index contributed by atoms with van der Waals surface area (Å²) in [6.45, 7) is -1.81. The molecule has 8 heterocycles. The molecule has 0 saturated carbocycles. The summed E-state index contributed by atoms with van der Waals surface area (Å²) in [5, 5.41) is 47.1. The number of esters is 2. The molecule has 6 aliphatic heterocycles. The van der Waals surface area contributed by atoms with Crippen LogP contribution >= 0.6 is 26.0 Å². The number of phosphoric acid groups is 1. The molecule has 5 aromatic rings. The van der Waals surface area contributed by atoms with Gasteiger partial charge in [0, 0.05) is 37.8 Å². The number of allylic oxidation sites excluding steroid dienone is 1. The summed E-state index contributed by atoms with van der Waals surface area (Å²) < 4.78 is 126. The lowest BCUT2D eigenvalue weighted by atomic mass is 9.99. The summed E-state index contributed by atoms with van der Waals surface area (Å²) in [6, 6.07) is 16.2. The Hall–Kier alpha value is -8.30. The molecule has 6 aliphatic rings. The lowest BCUT2D eigenvalue weighted by molar-refractivity contribution is -0.271. The van der Waals surface area contributed by atoms with Crippen molar-refractivity contribution in [2.75, 3.05) is 44.0 Å². The van der Waals surface area contributed by atoms with Gasteiger partial charge in [-0.2, -0.15) is 0 Å². The number of carboxylic acids is 1. The van der Waals surface area contributed by atoms with Crippen LogP contribution in [0.2, 0.25) is 0 Å². The van der Waals surface area contributed by atoms with E-state index in [0.717, 1.165) is 85.8 Å². The molecule has 5 saturated heterocycles. The molecule has 16 atom stereocenters. The molecule has 2 unspecified atom stereocenters. The van der Waals surface area contributed by atoms with Crippen LogP contribution in [0.15, 0.2) is 91.7 Å². The fraction of sp³-hybridized carbons (Fsp3) is 0.548. The number of carbonyl (C=O) groups excluding carboxylic acids is 7. The van der Waals surface area contributed by atoms with Crippen LogP contribution in [0.4, 0.5) is 20.3 Å². The first kappa shape index (κ1) is 85.6. The molecular weight excluding hydrogens is 1550 g/mol. The van der Waals surface area contributed by atoms with Crippen LogP contribution in [0.3, 0.4) is 0 Å². The van der Waals surface area contributed by atoms with Crippen molar-refractivity contribution >= 4 is 96.0 Å². The number of unbranched alkanes of at least 4 members (excludes halogenated alkanes) is 10. The zero-order chi connectivity index (χ0) is 80.7. The number of carboxylic acid groups (broad SMARTS) is 1. The van der Waals surface area contributed by atoms with Crippen LogP contribution < -0.4 is 30.6 Å². The first-order valence-electron chi connectivity index (χ1n) is 37.2. The summed E-state index contributed by atoms with van der Waals surface area (Å²) >= 11 is 0.574. The predicted octanol–water partition coefficient (Wildman–Crippen LogP) is 7.37. The number of alkyl halides is 2. The van der Waals surface area contributed by atoms with Gasteiger partial charge in [0.25, 0.3) is 0 Å². The van der Waals surface area contributed by atoms with E-state index in [2.05, 4.69) is 25.6 Å². The summed E-state index contributed by atoms with van der Waals surface area (Å²) in [6.07, 6.45) is -10.5. The zero-order valence-corrected chi connectivity index (χ0v) is 64.3. The quantitative estimate of drug-likeness (QED) is 0.00490. The van der Waals surface area contributed by atoms with Crippen molar-refractivity contribution in [1.82, 2.24) is 34.6 Å². The molecule has 0 radical (unpaired) electrons. The Morgan fingerprint density at radius 3 is 2.08 bits per heavy atom. The molecular formula is C73H91F2N9O26P2S. The average Bonchev–Trinajstić information content (AvgIpc) is 1.66. The number of benzene rings is 3. The van der Waals surface area contributed by atoms with Gasteiger partial charge in [-0.1, -0.05) is 83.4 Å². The fourth-order valence-corrected chi connectivity index (χ4v) is 17.7. The largest absolute Gasteiger partial charge is 0.494 e. The number of phosphoric ester groups is 1. The molecule has 11 rings (SSSR count). The van der Waals surface area contributed by atoms with Crippen LogP contribution in [0.1, 0.15) is 144 Å². The smallest absolute Gasteiger partial charge is 0.472 e. The second-order valence-electron chi connectivity index (χ2n) is 28.1. The number of anilines is 2. The molecule has 3 aromatic carbocycles. The van der Waals surface area contributed by atoms with Crippen molar-refractivity contribution in [3.8, 4) is 17.2 Å². The number of carbonyl (C=O) groups is 8. The third-order valence-corrected chi connectivity index (χ3v) is 24.1. The van der Waals surface area contributed by atoms with Crippen LogP contribution in [0.5, 0.6) is 17.2 Å². The molecule has 614 valence electrons. The number of hydrogen-bond acceptors (Lipinski definition) is 30. The van der Waals surface area contributed by atoms with E-state index in [9.17, 15) is 68.2 Å². The number of rotatable bonds is 35. The first-order chi connectivity index (χ1) is 54.1. The number of ether oxygens (including phenoxy) is 7. The van der Waals surface area contributed by atoms with Gasteiger partial charge in [0.2, 0.25) is 29.9 Å². The highest BCUT2D eigenvalue weighted by Crippen LogP contribution is 2.65. The van der Waals surface area contributed by atoms with Crippen molar-refractivity contribution in [2.24, 2.45) is 5.92 Å². The number of nitrogens with one attached hydrogen (secondary N) is 2. The Bertz CT molecular complexity index is 4310. The highest BCUT2D eigenvalue weighted by atomic mass is 32.7. The third kappa shape index (κ3) is 22.4. The number of amides is 4. The van der Waals surface area contributed by atoms with E-state index in [0.29, 0.717) is 73.6 Å². The average molecular weight is 1640 g/mol. The molecule has 4 amide bonds. The first-order valence-corrected chi connectivity index (χ1v) is 41.8. The van der Waals surface area contributed by atoms with Gasteiger partial charge in [-0.15, -0.1) is 0 Å². The zero-order valence-electron chi connectivity index (χ0n) is 61.7. The van der Waals surface area contributed by atoms with Crippen molar-refractivity contribution in [1.29, 1.82) is 0 Å². The number of hydrogen-bond donors (Lipinski definition) is 8. The van der Waals surface area contributed by atoms with Crippen LogP contribution in [0.25, 0.3) is 11.2 Å². The number of imide groups is 1. The number of ketones is 1. The monoisotopic (exact) mass is 1640 g/mol. The summed E-state index contributed by atoms with van der Waals surface area (Å²) in [7, 11) is -5.28. The number of aliphatic carboxylic acids is 1. The number of imidazole rings is 1. The van der Waals surface area contributed by atoms with Gasteiger partial charge in [0.15, 0.2) is 48.2 Å². The second kappa shape index (κ2) is 39.4. The van der Waals surface area contributed by atoms with Crippen molar-refractivity contribution in [3.05, 3.63) is 108 Å². The fourth-order valence-electron chi connectivity index (χ4n) is 13.3. The van der Waals surface area contributed by atoms with E-state index >= 15 is 13.3 Å². The second-order valence-corrected chi connectivity index (χ2v) is 33.6. The Labute approximate surface area is 651 Å². The summed E-state index contributed by atoms with van der Waals surface area (Å²) in [5.74, 6) is -4.76. The number of aromatic nitrogens is 4. The van der Waals surface area contributed by atoms with E-state index in [1.54, 1.807) is 36.4 Å². The third-order valence-electron chi connectivity index (χ3n) is 19.5. The number of nitrogens with two attached hydrogens (primary N) is 1. The molecule has 0 aliphatic carbocycles. The molecule has 113 heavy (non-hydrogen) atoms. The SMILES string of the molecule is CC(C)[C@H](NCCCCCN1C(=O)CCC1=O)C(=O)Nc1cc(COC(=O)CCCCCCCCCCCOc2ccc(C(=O)Oc3ccc(CSP4(=O)OC[C@H]5O[C@@H](n6cnc7c(N)ncnc76)[C@H](F)[C@@H]5OP(=O)(O)OC[C@H]5O[C@@H](N6C=CC(=O)CC6=O)[C@H](F)[C@@H]5O4)cc3)cc2)ccc1O[C@H]1O[C@H](C(=O)O)[C@@H](O)[C@H](O)[C@H]1O. The lowest BCUT2D eigenvalue weighted by Gasteiger charge is -2.38. The van der Waals surface area contributed by atoms with Gasteiger partial charge in [-0.05, 0) is 115 Å². The molecule has 2 aromatic heterocycles. The van der Waals surface area contributed by atoms with E-state index in [-0.39, 0.29) is 89.1 Å². The molecule has 9 N–H and O–H groups in total. The number of likely N-dealkylation sites (tertiary alicyclic amines) is 1. The standard InChI is InChI=1S/C73H91F2N9O26P2S/c1-41(2)58(77-29-12-10-13-30-82-52(86)26-27-53(82)87)68(93)81-48-33-43(18-25-49(48)107-73-62(92)60(90)61(91)65(108-73)71(94)95)35-101-55(89)15-11-8-6-4-3-5-7-9-14-32-100-46-23-19-44(20-24-46)72(96)104-47-21-16-42(17-22-47)38-113-112(99)103-37-51-63(56(74)70(106-51)84-40-80-59-66(76)78-39-79-67(59)84)109-111(97,98)102-36-50-64(110-112)57(75)69(105-50)83-31-28-45(85)34-54(83)88/h16-25,28,31,33,39-41,50-51,56-58,60-65,69-70,73,77,90-92H,3-15,26-27,29-30,32,34-38H2,1-2H3,(H,81,93)(H,94,95)(H,97,98)(H2,76,78,79)/t50-,51-,56-,57-,58+,60+,61+,62-,63-,64-,65+,69-,70-,73+,112?/m1/s1. The minimum Gasteiger partial charge on any atom is -0.494 e.